The highest BCUT2D eigenvalue weighted by Gasteiger charge is 2.17. The molecule has 0 atom stereocenters. The Balaban J connectivity index is 2.12. The first kappa shape index (κ1) is 15.3. The highest BCUT2D eigenvalue weighted by atomic mass is 35.5. The summed E-state index contributed by atoms with van der Waals surface area (Å²) in [7, 11) is 0. The minimum atomic E-state index is -0.599. The molecule has 0 saturated carbocycles. The molecule has 2 rings (SSSR count). The second-order valence-corrected chi connectivity index (χ2v) is 4.96. The van der Waals surface area contributed by atoms with Gasteiger partial charge in [0.05, 0.1) is 4.92 Å². The van der Waals surface area contributed by atoms with E-state index in [-0.39, 0.29) is 28.8 Å². The van der Waals surface area contributed by atoms with Crippen LogP contribution in [0.15, 0.2) is 42.5 Å². The maximum atomic E-state index is 11.9. The van der Waals surface area contributed by atoms with Crippen molar-refractivity contribution in [2.24, 2.45) is 0 Å². The third-order valence-corrected chi connectivity index (χ3v) is 3.13. The summed E-state index contributed by atoms with van der Waals surface area (Å²) in [5.41, 5.74) is 0.160. The molecule has 0 heterocycles. The van der Waals surface area contributed by atoms with Gasteiger partial charge in [-0.15, -0.1) is 0 Å². The zero-order chi connectivity index (χ0) is 15.4. The van der Waals surface area contributed by atoms with Gasteiger partial charge in [-0.1, -0.05) is 23.2 Å². The molecule has 0 saturated heterocycles. The summed E-state index contributed by atoms with van der Waals surface area (Å²) in [5.74, 6) is -0.365. The first-order valence-electron chi connectivity index (χ1n) is 5.83. The summed E-state index contributed by atoms with van der Waals surface area (Å²) in [6.45, 7) is -0.331. The van der Waals surface area contributed by atoms with Crippen LogP contribution in [-0.4, -0.2) is 17.3 Å². The van der Waals surface area contributed by atoms with E-state index in [9.17, 15) is 14.9 Å². The second-order valence-electron chi connectivity index (χ2n) is 4.09. The molecule has 0 unspecified atom stereocenters. The molecule has 5 nitrogen and oxygen atoms in total. The van der Waals surface area contributed by atoms with Crippen molar-refractivity contribution in [3.05, 3.63) is 68.2 Å². The monoisotopic (exact) mass is 325 g/mol. The molecule has 0 spiro atoms. The van der Waals surface area contributed by atoms with Crippen LogP contribution in [0.25, 0.3) is 0 Å². The van der Waals surface area contributed by atoms with E-state index in [1.165, 1.54) is 18.2 Å². The Bertz CT molecular complexity index is 686. The SMILES string of the molecule is O=C(COc1cc(Cl)ccc1[N+](=O)[O-])c1ccc(Cl)cc1. The lowest BCUT2D eigenvalue weighted by molar-refractivity contribution is -0.385. The largest absolute Gasteiger partial charge is 0.478 e. The van der Waals surface area contributed by atoms with E-state index in [1.54, 1.807) is 24.3 Å². The van der Waals surface area contributed by atoms with Gasteiger partial charge >= 0.3 is 5.69 Å². The average molecular weight is 326 g/mol. The van der Waals surface area contributed by atoms with Crippen LogP contribution < -0.4 is 4.74 Å². The normalized spacial score (nSPS) is 10.2. The van der Waals surface area contributed by atoms with Gasteiger partial charge in [-0.2, -0.15) is 0 Å². The van der Waals surface area contributed by atoms with Gasteiger partial charge in [0.2, 0.25) is 0 Å². The molecular weight excluding hydrogens is 317 g/mol. The number of nitro benzene ring substituents is 1. The van der Waals surface area contributed by atoms with Gasteiger partial charge < -0.3 is 4.74 Å². The Morgan fingerprint density at radius 3 is 2.33 bits per heavy atom. The number of rotatable bonds is 5. The number of carbonyl (C=O) groups excluding carboxylic acids is 1. The van der Waals surface area contributed by atoms with Crippen molar-refractivity contribution in [2.45, 2.75) is 0 Å². The summed E-state index contributed by atoms with van der Waals surface area (Å²) >= 11 is 11.5. The number of hydrogen-bond acceptors (Lipinski definition) is 4. The molecule has 0 aliphatic heterocycles. The van der Waals surface area contributed by atoms with Gasteiger partial charge in [0, 0.05) is 27.7 Å². The van der Waals surface area contributed by atoms with E-state index in [4.69, 9.17) is 27.9 Å². The van der Waals surface area contributed by atoms with Crippen LogP contribution in [0.3, 0.4) is 0 Å². The Labute approximate surface area is 130 Å². The summed E-state index contributed by atoms with van der Waals surface area (Å²) in [5, 5.41) is 11.7. The van der Waals surface area contributed by atoms with Gasteiger partial charge in [0.1, 0.15) is 0 Å². The second kappa shape index (κ2) is 6.56. The summed E-state index contributed by atoms with van der Waals surface area (Å²) in [6, 6.07) is 10.2. The maximum absolute atomic E-state index is 11.9. The predicted molar refractivity (Wildman–Crippen MR) is 79.4 cm³/mol. The topological polar surface area (TPSA) is 69.4 Å². The first-order chi connectivity index (χ1) is 9.97. The maximum Gasteiger partial charge on any atom is 0.311 e. The van der Waals surface area contributed by atoms with Crippen molar-refractivity contribution < 1.29 is 14.5 Å². The lowest BCUT2D eigenvalue weighted by Crippen LogP contribution is -2.12. The minimum absolute atomic E-state index is 0.0465. The molecule has 0 bridgehead atoms. The van der Waals surface area contributed by atoms with Crippen molar-refractivity contribution in [3.8, 4) is 5.75 Å². The molecule has 108 valence electrons. The number of benzene rings is 2. The fraction of sp³-hybridized carbons (Fsp3) is 0.0714. The molecular formula is C14H9Cl2NO4. The molecule has 0 radical (unpaired) electrons. The highest BCUT2D eigenvalue weighted by Crippen LogP contribution is 2.30. The van der Waals surface area contributed by atoms with Gasteiger partial charge in [-0.3, -0.25) is 14.9 Å². The minimum Gasteiger partial charge on any atom is -0.478 e. The first-order valence-corrected chi connectivity index (χ1v) is 6.58. The number of ether oxygens (including phenoxy) is 1. The van der Waals surface area contributed by atoms with Crippen LogP contribution in [-0.2, 0) is 0 Å². The van der Waals surface area contributed by atoms with Crippen molar-refractivity contribution >= 4 is 34.7 Å². The van der Waals surface area contributed by atoms with Crippen molar-refractivity contribution in [1.82, 2.24) is 0 Å². The van der Waals surface area contributed by atoms with Crippen LogP contribution in [0.2, 0.25) is 10.0 Å². The molecule has 0 fully saturated rings. The fourth-order valence-electron chi connectivity index (χ4n) is 1.62. The third-order valence-electron chi connectivity index (χ3n) is 2.64. The zero-order valence-electron chi connectivity index (χ0n) is 10.6. The number of nitro groups is 1. The lowest BCUT2D eigenvalue weighted by Gasteiger charge is -2.06. The number of ketones is 1. The van der Waals surface area contributed by atoms with Crippen molar-refractivity contribution in [2.75, 3.05) is 6.61 Å². The lowest BCUT2D eigenvalue weighted by atomic mass is 10.1. The highest BCUT2D eigenvalue weighted by molar-refractivity contribution is 6.31. The summed E-state index contributed by atoms with van der Waals surface area (Å²) in [4.78, 5) is 22.2. The van der Waals surface area contributed by atoms with Crippen LogP contribution >= 0.6 is 23.2 Å². The standard InChI is InChI=1S/C14H9Cl2NO4/c15-10-3-1-9(2-4-10)13(18)8-21-14-7-11(16)5-6-12(14)17(19)20/h1-7H,8H2. The Morgan fingerprint density at radius 2 is 1.71 bits per heavy atom. The van der Waals surface area contributed by atoms with Crippen LogP contribution in [0, 0.1) is 10.1 Å². The van der Waals surface area contributed by atoms with E-state index >= 15 is 0 Å². The zero-order valence-corrected chi connectivity index (χ0v) is 12.1. The number of hydrogen-bond donors (Lipinski definition) is 0. The Kier molecular flexibility index (Phi) is 4.77. The van der Waals surface area contributed by atoms with E-state index in [1.807, 2.05) is 0 Å². The number of carbonyl (C=O) groups is 1. The van der Waals surface area contributed by atoms with E-state index in [0.29, 0.717) is 10.6 Å². The Hall–Kier alpha value is -2.11. The molecule has 2 aromatic rings. The van der Waals surface area contributed by atoms with Crippen LogP contribution in [0.5, 0.6) is 5.75 Å². The van der Waals surface area contributed by atoms with E-state index in [2.05, 4.69) is 0 Å². The molecule has 0 N–H and O–H groups in total. The number of halogens is 2. The molecule has 0 aliphatic rings. The van der Waals surface area contributed by atoms with Gasteiger partial charge in [0.15, 0.2) is 18.1 Å². The van der Waals surface area contributed by atoms with Crippen molar-refractivity contribution in [3.63, 3.8) is 0 Å². The van der Waals surface area contributed by atoms with Gasteiger partial charge in [-0.05, 0) is 30.3 Å². The quantitative estimate of drug-likeness (QED) is 0.470. The van der Waals surface area contributed by atoms with Crippen LogP contribution in [0.4, 0.5) is 5.69 Å². The average Bonchev–Trinajstić information content (AvgIpc) is 2.45. The van der Waals surface area contributed by atoms with E-state index in [0.717, 1.165) is 0 Å². The molecule has 0 aliphatic carbocycles. The molecule has 0 aromatic heterocycles. The number of Topliss-reactive ketones (excluding diaryl/α,β-unsaturated/α-hetero) is 1. The van der Waals surface area contributed by atoms with Crippen molar-refractivity contribution in [1.29, 1.82) is 0 Å². The molecule has 21 heavy (non-hydrogen) atoms. The van der Waals surface area contributed by atoms with Gasteiger partial charge in [-0.25, -0.2) is 0 Å². The predicted octanol–water partition coefficient (Wildman–Crippen LogP) is 4.16. The Morgan fingerprint density at radius 1 is 1.10 bits per heavy atom. The molecule has 0 amide bonds. The van der Waals surface area contributed by atoms with Crippen LogP contribution in [0.1, 0.15) is 10.4 Å². The van der Waals surface area contributed by atoms with E-state index < -0.39 is 4.92 Å². The molecule has 2 aromatic carbocycles. The summed E-state index contributed by atoms with van der Waals surface area (Å²) in [6.07, 6.45) is 0. The van der Waals surface area contributed by atoms with Gasteiger partial charge in [0.25, 0.3) is 0 Å². The summed E-state index contributed by atoms with van der Waals surface area (Å²) < 4.78 is 5.22. The smallest absolute Gasteiger partial charge is 0.311 e. The molecule has 7 heteroatoms. The fourth-order valence-corrected chi connectivity index (χ4v) is 1.90. The third kappa shape index (κ3) is 3.93. The number of nitrogens with zero attached hydrogens (tertiary/aromatic N) is 1.